The van der Waals surface area contributed by atoms with Gasteiger partial charge in [0.1, 0.15) is 5.03 Å². The van der Waals surface area contributed by atoms with Crippen LogP contribution in [0.2, 0.25) is 0 Å². The molecule has 0 saturated heterocycles. The summed E-state index contributed by atoms with van der Waals surface area (Å²) in [6.07, 6.45) is 6.48. The fraction of sp³-hybridized carbons (Fsp3) is 0.312. The molecule has 0 radical (unpaired) electrons. The van der Waals surface area contributed by atoms with Crippen LogP contribution in [0.5, 0.6) is 0 Å². The average molecular weight is 426 g/mol. The van der Waals surface area contributed by atoms with Crippen LogP contribution in [-0.4, -0.2) is 22.0 Å². The third-order valence-corrected chi connectivity index (χ3v) is 6.66. The van der Waals surface area contributed by atoms with Crippen molar-refractivity contribution in [3.05, 3.63) is 44.7 Å². The van der Waals surface area contributed by atoms with Crippen LogP contribution in [0.25, 0.3) is 0 Å². The summed E-state index contributed by atoms with van der Waals surface area (Å²) in [5.41, 5.74) is 5.40. The number of nitrogens with one attached hydrogen (secondary N) is 2. The first-order valence-electron chi connectivity index (χ1n) is 7.61. The van der Waals surface area contributed by atoms with Gasteiger partial charge in [-0.2, -0.15) is 0 Å². The minimum atomic E-state index is -0.354. The maximum atomic E-state index is 12.4. The Labute approximate surface area is 156 Å². The molecule has 24 heavy (non-hydrogen) atoms. The van der Waals surface area contributed by atoms with Gasteiger partial charge in [0.15, 0.2) is 0 Å². The van der Waals surface area contributed by atoms with Gasteiger partial charge in [-0.05, 0) is 53.0 Å². The Balaban J connectivity index is 1.63. The van der Waals surface area contributed by atoms with Crippen LogP contribution in [0.1, 0.15) is 45.7 Å². The monoisotopic (exact) mass is 425 g/mol. The topological polar surface area (TPSA) is 71.1 Å². The first-order valence-corrected chi connectivity index (χ1v) is 10.1. The highest BCUT2D eigenvalue weighted by Gasteiger charge is 2.21. The fourth-order valence-corrected chi connectivity index (χ4v) is 5.08. The van der Waals surface area contributed by atoms with E-state index in [0.29, 0.717) is 15.7 Å². The summed E-state index contributed by atoms with van der Waals surface area (Å²) in [6.45, 7) is 0. The Morgan fingerprint density at radius 1 is 1.17 bits per heavy atom. The lowest BCUT2D eigenvalue weighted by atomic mass is 10.3. The number of pyridine rings is 1. The van der Waals surface area contributed by atoms with E-state index in [2.05, 4.69) is 31.8 Å². The minimum absolute atomic E-state index is 0.340. The van der Waals surface area contributed by atoms with Crippen molar-refractivity contribution in [2.45, 2.75) is 36.0 Å². The lowest BCUT2D eigenvalue weighted by molar-refractivity contribution is 0.0847. The second kappa shape index (κ2) is 8.13. The summed E-state index contributed by atoms with van der Waals surface area (Å²) < 4.78 is 0.862. The van der Waals surface area contributed by atoms with E-state index in [0.717, 1.165) is 21.7 Å². The van der Waals surface area contributed by atoms with Crippen molar-refractivity contribution in [1.29, 1.82) is 0 Å². The zero-order chi connectivity index (χ0) is 16.9. The molecule has 5 nitrogen and oxygen atoms in total. The van der Waals surface area contributed by atoms with Gasteiger partial charge in [0.25, 0.3) is 11.8 Å². The molecular weight excluding hydrogens is 410 g/mol. The van der Waals surface area contributed by atoms with E-state index in [1.165, 1.54) is 24.2 Å². The van der Waals surface area contributed by atoms with Crippen LogP contribution >= 0.6 is 39.0 Å². The highest BCUT2D eigenvalue weighted by atomic mass is 79.9. The molecule has 2 aromatic rings. The number of carbonyl (C=O) groups excluding carboxylic acids is 2. The van der Waals surface area contributed by atoms with Gasteiger partial charge >= 0.3 is 0 Å². The second-order valence-electron chi connectivity index (χ2n) is 5.39. The molecule has 2 amide bonds. The number of nitrogens with zero attached hydrogens (tertiary/aromatic N) is 1. The number of hydrogen-bond acceptors (Lipinski definition) is 5. The van der Waals surface area contributed by atoms with Crippen molar-refractivity contribution in [2.24, 2.45) is 0 Å². The fourth-order valence-electron chi connectivity index (χ4n) is 2.50. The molecule has 2 heterocycles. The van der Waals surface area contributed by atoms with Crippen LogP contribution < -0.4 is 10.9 Å². The molecule has 1 aliphatic carbocycles. The van der Waals surface area contributed by atoms with Crippen molar-refractivity contribution >= 4 is 50.8 Å². The highest BCUT2D eigenvalue weighted by Crippen LogP contribution is 2.35. The number of rotatable bonds is 4. The van der Waals surface area contributed by atoms with Gasteiger partial charge in [-0.25, -0.2) is 4.98 Å². The molecule has 1 aliphatic rings. The van der Waals surface area contributed by atoms with Crippen molar-refractivity contribution in [3.8, 4) is 0 Å². The number of aromatic nitrogens is 1. The predicted octanol–water partition coefficient (Wildman–Crippen LogP) is 4.02. The molecule has 0 aliphatic heterocycles. The molecule has 2 N–H and O–H groups in total. The quantitative estimate of drug-likeness (QED) is 0.725. The van der Waals surface area contributed by atoms with Crippen LogP contribution in [-0.2, 0) is 0 Å². The summed E-state index contributed by atoms with van der Waals surface area (Å²) in [5, 5.41) is 1.24. The van der Waals surface area contributed by atoms with E-state index >= 15 is 0 Å². The highest BCUT2D eigenvalue weighted by molar-refractivity contribution is 9.11. The van der Waals surface area contributed by atoms with Gasteiger partial charge < -0.3 is 0 Å². The van der Waals surface area contributed by atoms with E-state index in [1.807, 2.05) is 0 Å². The molecule has 1 fully saturated rings. The van der Waals surface area contributed by atoms with Crippen molar-refractivity contribution < 1.29 is 9.59 Å². The summed E-state index contributed by atoms with van der Waals surface area (Å²) >= 11 is 6.26. The molecule has 2 aromatic heterocycles. The molecule has 1 saturated carbocycles. The number of hydrogen-bond donors (Lipinski definition) is 2. The SMILES string of the molecule is O=C(NNC(=O)c1cccnc1SC1CCCC1)c1ccc(Br)s1. The van der Waals surface area contributed by atoms with Gasteiger partial charge in [-0.3, -0.25) is 20.4 Å². The zero-order valence-electron chi connectivity index (χ0n) is 12.8. The summed E-state index contributed by atoms with van der Waals surface area (Å²) in [6, 6.07) is 6.94. The van der Waals surface area contributed by atoms with E-state index in [1.54, 1.807) is 42.2 Å². The third kappa shape index (κ3) is 4.37. The molecule has 0 bridgehead atoms. The van der Waals surface area contributed by atoms with Crippen molar-refractivity contribution in [3.63, 3.8) is 0 Å². The molecule has 0 unspecified atom stereocenters. The van der Waals surface area contributed by atoms with Gasteiger partial charge in [0, 0.05) is 11.4 Å². The maximum absolute atomic E-state index is 12.4. The lowest BCUT2D eigenvalue weighted by Crippen LogP contribution is -2.41. The Morgan fingerprint density at radius 3 is 2.62 bits per heavy atom. The second-order valence-corrected chi connectivity index (χ2v) is 9.14. The molecule has 126 valence electrons. The zero-order valence-corrected chi connectivity index (χ0v) is 16.0. The molecule has 0 aromatic carbocycles. The molecule has 0 atom stereocenters. The smallest absolute Gasteiger partial charge is 0.267 e. The van der Waals surface area contributed by atoms with Gasteiger partial charge in [0.05, 0.1) is 14.2 Å². The van der Waals surface area contributed by atoms with Crippen LogP contribution in [0.4, 0.5) is 0 Å². The number of thiophene rings is 1. The van der Waals surface area contributed by atoms with Crippen LogP contribution in [0.15, 0.2) is 39.3 Å². The van der Waals surface area contributed by atoms with Gasteiger partial charge in [-0.1, -0.05) is 12.8 Å². The van der Waals surface area contributed by atoms with E-state index in [9.17, 15) is 9.59 Å². The van der Waals surface area contributed by atoms with E-state index in [4.69, 9.17) is 0 Å². The molecule has 0 spiro atoms. The summed E-state index contributed by atoms with van der Waals surface area (Å²) in [4.78, 5) is 29.3. The van der Waals surface area contributed by atoms with Crippen molar-refractivity contribution in [1.82, 2.24) is 15.8 Å². The minimum Gasteiger partial charge on any atom is -0.267 e. The molecule has 8 heteroatoms. The Morgan fingerprint density at radius 2 is 1.92 bits per heavy atom. The maximum Gasteiger partial charge on any atom is 0.279 e. The Kier molecular flexibility index (Phi) is 5.91. The van der Waals surface area contributed by atoms with E-state index < -0.39 is 0 Å². The standard InChI is InChI=1S/C16H16BrN3O2S2/c17-13-8-7-12(24-13)15(22)20-19-14(21)11-6-3-9-18-16(11)23-10-4-1-2-5-10/h3,6-10H,1-2,4-5H2,(H,19,21)(H,20,22). The number of halogens is 1. The molecule has 3 rings (SSSR count). The third-order valence-electron chi connectivity index (χ3n) is 3.68. The van der Waals surface area contributed by atoms with Gasteiger partial charge in [-0.15, -0.1) is 23.1 Å². The summed E-state index contributed by atoms with van der Waals surface area (Å²) in [5.74, 6) is -0.694. The summed E-state index contributed by atoms with van der Waals surface area (Å²) in [7, 11) is 0. The lowest BCUT2D eigenvalue weighted by Gasteiger charge is -2.12. The average Bonchev–Trinajstić information content (AvgIpc) is 3.24. The van der Waals surface area contributed by atoms with Gasteiger partial charge in [0.2, 0.25) is 0 Å². The normalized spacial score (nSPS) is 14.5. The van der Waals surface area contributed by atoms with Crippen LogP contribution in [0, 0.1) is 0 Å². The number of hydrazine groups is 1. The first kappa shape index (κ1) is 17.4. The van der Waals surface area contributed by atoms with Crippen molar-refractivity contribution in [2.75, 3.05) is 0 Å². The van der Waals surface area contributed by atoms with E-state index in [-0.39, 0.29) is 11.8 Å². The van der Waals surface area contributed by atoms with Crippen LogP contribution in [0.3, 0.4) is 0 Å². The largest absolute Gasteiger partial charge is 0.279 e. The number of thioether (sulfide) groups is 1. The number of amides is 2. The molecular formula is C16H16BrN3O2S2. The Hall–Kier alpha value is -1.38. The Bertz CT molecular complexity index is 744. The first-order chi connectivity index (χ1) is 11.6. The number of carbonyl (C=O) groups is 2. The predicted molar refractivity (Wildman–Crippen MR) is 99.3 cm³/mol.